The van der Waals surface area contributed by atoms with Gasteiger partial charge in [-0.3, -0.25) is 4.90 Å². The number of hydrogen-bond donors (Lipinski definition) is 0. The van der Waals surface area contributed by atoms with Gasteiger partial charge in [0.1, 0.15) is 11.6 Å². The van der Waals surface area contributed by atoms with E-state index in [1.807, 2.05) is 25.3 Å². The van der Waals surface area contributed by atoms with Gasteiger partial charge in [-0.2, -0.15) is 0 Å². The Hall–Kier alpha value is -3.18. The minimum Gasteiger partial charge on any atom is -0.441 e. The minimum atomic E-state index is 0.710. The summed E-state index contributed by atoms with van der Waals surface area (Å²) in [6.07, 6.45) is 1.86. The Labute approximate surface area is 170 Å². The van der Waals surface area contributed by atoms with Crippen LogP contribution in [0.1, 0.15) is 11.5 Å². The number of hydrogen-bond acceptors (Lipinski definition) is 5. The first-order valence-corrected chi connectivity index (χ1v) is 10.1. The lowest BCUT2D eigenvalue weighted by Gasteiger charge is -2.35. The highest BCUT2D eigenvalue weighted by atomic mass is 16.4. The van der Waals surface area contributed by atoms with Crippen LogP contribution in [0.25, 0.3) is 22.2 Å². The maximum Gasteiger partial charge on any atom is 0.227 e. The fourth-order valence-electron chi connectivity index (χ4n) is 3.99. The van der Waals surface area contributed by atoms with Gasteiger partial charge in [0.2, 0.25) is 5.89 Å². The molecule has 1 aliphatic rings. The van der Waals surface area contributed by atoms with Crippen LogP contribution in [0.2, 0.25) is 0 Å². The largest absolute Gasteiger partial charge is 0.441 e. The van der Waals surface area contributed by atoms with Gasteiger partial charge in [0.15, 0.2) is 0 Å². The first kappa shape index (κ1) is 17.9. The van der Waals surface area contributed by atoms with Crippen molar-refractivity contribution in [1.82, 2.24) is 14.9 Å². The lowest BCUT2D eigenvalue weighted by atomic mass is 10.0. The van der Waals surface area contributed by atoms with E-state index in [-0.39, 0.29) is 0 Å². The number of oxazole rings is 1. The van der Waals surface area contributed by atoms with E-state index in [9.17, 15) is 0 Å². The number of nitrogens with zero attached hydrogens (tertiary/aromatic N) is 4. The second-order valence-electron chi connectivity index (χ2n) is 7.50. The normalized spacial score (nSPS) is 15.1. The van der Waals surface area contributed by atoms with Crippen molar-refractivity contribution in [1.29, 1.82) is 0 Å². The monoisotopic (exact) mass is 384 g/mol. The van der Waals surface area contributed by atoms with E-state index in [0.717, 1.165) is 55.6 Å². The van der Waals surface area contributed by atoms with Gasteiger partial charge in [-0.15, -0.1) is 0 Å². The van der Waals surface area contributed by atoms with Crippen LogP contribution in [0.15, 0.2) is 71.3 Å². The topological polar surface area (TPSA) is 45.4 Å². The summed E-state index contributed by atoms with van der Waals surface area (Å²) >= 11 is 0. The molecule has 146 valence electrons. The lowest BCUT2D eigenvalue weighted by molar-refractivity contribution is 0.245. The molecule has 0 aliphatic carbocycles. The second kappa shape index (κ2) is 7.68. The molecule has 0 unspecified atom stereocenters. The predicted molar refractivity (Wildman–Crippen MR) is 116 cm³/mol. The van der Waals surface area contributed by atoms with Crippen LogP contribution >= 0.6 is 0 Å². The second-order valence-corrected chi connectivity index (χ2v) is 7.50. The van der Waals surface area contributed by atoms with Crippen molar-refractivity contribution in [3.05, 3.63) is 78.3 Å². The molecule has 5 nitrogen and oxygen atoms in total. The molecule has 2 aromatic heterocycles. The van der Waals surface area contributed by atoms with Crippen LogP contribution in [-0.4, -0.2) is 41.0 Å². The zero-order valence-corrected chi connectivity index (χ0v) is 16.6. The number of aryl methyl sites for hydroxylation is 1. The quantitative estimate of drug-likeness (QED) is 0.518. The van der Waals surface area contributed by atoms with E-state index < -0.39 is 0 Å². The van der Waals surface area contributed by atoms with Gasteiger partial charge in [0.25, 0.3) is 0 Å². The van der Waals surface area contributed by atoms with Gasteiger partial charge in [0, 0.05) is 44.5 Å². The van der Waals surface area contributed by atoms with Crippen LogP contribution < -0.4 is 4.90 Å². The third-order valence-corrected chi connectivity index (χ3v) is 5.63. The van der Waals surface area contributed by atoms with Crippen molar-refractivity contribution in [2.45, 2.75) is 13.5 Å². The average Bonchev–Trinajstić information content (AvgIpc) is 3.14. The maximum absolute atomic E-state index is 6.08. The fourth-order valence-corrected chi connectivity index (χ4v) is 3.99. The molecule has 29 heavy (non-hydrogen) atoms. The van der Waals surface area contributed by atoms with Crippen molar-refractivity contribution in [3.63, 3.8) is 0 Å². The maximum atomic E-state index is 6.08. The SMILES string of the molecule is Cc1oc(-c2cccc3ccccc23)nc1CN1CCN(c2ccccn2)CC1. The van der Waals surface area contributed by atoms with Crippen LogP contribution in [0.5, 0.6) is 0 Å². The summed E-state index contributed by atoms with van der Waals surface area (Å²) in [4.78, 5) is 14.1. The third-order valence-electron chi connectivity index (χ3n) is 5.63. The highest BCUT2D eigenvalue weighted by molar-refractivity contribution is 5.94. The number of piperazine rings is 1. The molecule has 3 heterocycles. The standard InChI is InChI=1S/C24H24N4O/c1-18-22(17-27-13-15-28(16-14-27)23-11-4-5-12-25-23)26-24(29-18)21-10-6-8-19-7-2-3-9-20(19)21/h2-12H,13-17H2,1H3. The van der Waals surface area contributed by atoms with Gasteiger partial charge in [-0.25, -0.2) is 9.97 Å². The minimum absolute atomic E-state index is 0.710. The molecule has 0 atom stereocenters. The zero-order chi connectivity index (χ0) is 19.6. The van der Waals surface area contributed by atoms with Crippen molar-refractivity contribution >= 4 is 16.6 Å². The Morgan fingerprint density at radius 1 is 0.897 bits per heavy atom. The van der Waals surface area contributed by atoms with Crippen molar-refractivity contribution in [2.75, 3.05) is 31.1 Å². The molecule has 4 aromatic rings. The van der Waals surface area contributed by atoms with Crippen LogP contribution in [0.4, 0.5) is 5.82 Å². The van der Waals surface area contributed by atoms with Crippen LogP contribution in [0, 0.1) is 6.92 Å². The molecule has 5 rings (SSSR count). The van der Waals surface area contributed by atoms with Crippen molar-refractivity contribution < 1.29 is 4.42 Å². The first-order chi connectivity index (χ1) is 14.3. The predicted octanol–water partition coefficient (Wildman–Crippen LogP) is 4.52. The number of rotatable bonds is 4. The molecule has 0 saturated carbocycles. The van der Waals surface area contributed by atoms with E-state index in [1.165, 1.54) is 10.8 Å². The van der Waals surface area contributed by atoms with Gasteiger partial charge >= 0.3 is 0 Å². The number of fused-ring (bicyclic) bond motifs is 1. The lowest BCUT2D eigenvalue weighted by Crippen LogP contribution is -2.46. The fraction of sp³-hybridized carbons (Fsp3) is 0.250. The number of benzene rings is 2. The van der Waals surface area contributed by atoms with E-state index in [2.05, 4.69) is 63.3 Å². The van der Waals surface area contributed by atoms with Gasteiger partial charge < -0.3 is 9.32 Å². The van der Waals surface area contributed by atoms with Gasteiger partial charge in [-0.05, 0) is 35.9 Å². The van der Waals surface area contributed by atoms with Crippen LogP contribution in [-0.2, 0) is 6.54 Å². The Bertz CT molecular complexity index is 1110. The first-order valence-electron chi connectivity index (χ1n) is 10.1. The molecular formula is C24H24N4O. The summed E-state index contributed by atoms with van der Waals surface area (Å²) in [5.41, 5.74) is 2.08. The van der Waals surface area contributed by atoms with E-state index in [4.69, 9.17) is 9.40 Å². The average molecular weight is 384 g/mol. The highest BCUT2D eigenvalue weighted by Crippen LogP contribution is 2.29. The van der Waals surface area contributed by atoms with Gasteiger partial charge in [-0.1, -0.05) is 42.5 Å². The molecule has 0 N–H and O–H groups in total. The molecule has 0 spiro atoms. The van der Waals surface area contributed by atoms with E-state index in [0.29, 0.717) is 5.89 Å². The smallest absolute Gasteiger partial charge is 0.227 e. The molecule has 1 saturated heterocycles. The Kier molecular flexibility index (Phi) is 4.74. The summed E-state index contributed by atoms with van der Waals surface area (Å²) in [5, 5.41) is 2.37. The Balaban J connectivity index is 1.32. The molecule has 0 bridgehead atoms. The van der Waals surface area contributed by atoms with E-state index in [1.54, 1.807) is 0 Å². The van der Waals surface area contributed by atoms with Gasteiger partial charge in [0.05, 0.1) is 5.69 Å². The molecule has 5 heteroatoms. The summed E-state index contributed by atoms with van der Waals surface area (Å²) in [5.74, 6) is 2.67. The van der Waals surface area contributed by atoms with E-state index >= 15 is 0 Å². The third kappa shape index (κ3) is 3.61. The summed E-state index contributed by atoms with van der Waals surface area (Å²) < 4.78 is 6.08. The summed E-state index contributed by atoms with van der Waals surface area (Å²) in [6, 6.07) is 20.7. The zero-order valence-electron chi connectivity index (χ0n) is 16.6. The Morgan fingerprint density at radius 3 is 2.52 bits per heavy atom. The molecule has 0 radical (unpaired) electrons. The number of aromatic nitrogens is 2. The molecule has 1 fully saturated rings. The number of anilines is 1. The summed E-state index contributed by atoms with van der Waals surface area (Å²) in [7, 11) is 0. The molecular weight excluding hydrogens is 360 g/mol. The summed E-state index contributed by atoms with van der Waals surface area (Å²) in [6.45, 7) is 6.77. The highest BCUT2D eigenvalue weighted by Gasteiger charge is 2.21. The number of pyridine rings is 1. The Morgan fingerprint density at radius 2 is 1.69 bits per heavy atom. The molecule has 2 aromatic carbocycles. The molecule has 0 amide bonds. The molecule has 1 aliphatic heterocycles. The van der Waals surface area contributed by atoms with Crippen molar-refractivity contribution in [2.24, 2.45) is 0 Å². The van der Waals surface area contributed by atoms with Crippen molar-refractivity contribution in [3.8, 4) is 11.5 Å². The van der Waals surface area contributed by atoms with Crippen LogP contribution in [0.3, 0.4) is 0 Å².